The Balaban J connectivity index is 2.34. The maximum absolute atomic E-state index is 14.5. The highest BCUT2D eigenvalue weighted by atomic mass is 19.1. The number of phenolic OH excluding ortho intramolecular Hbond substituents is 1. The first-order valence-corrected chi connectivity index (χ1v) is 7.19. The average molecular weight is 302 g/mol. The average Bonchev–Trinajstić information content (AvgIpc) is 2.49. The molecule has 0 spiro atoms. The molecule has 0 saturated heterocycles. The zero-order valence-electron chi connectivity index (χ0n) is 12.9. The Morgan fingerprint density at radius 2 is 1.82 bits per heavy atom. The molecule has 4 heteroatoms. The first-order valence-electron chi connectivity index (χ1n) is 7.19. The molecule has 1 N–H and O–H groups in total. The molecule has 0 aliphatic heterocycles. The zero-order chi connectivity index (χ0) is 16.3. The van der Waals surface area contributed by atoms with Crippen LogP contribution in [0.2, 0.25) is 0 Å². The van der Waals surface area contributed by atoms with Gasteiger partial charge in [0.25, 0.3) is 0 Å². The molecule has 2 rings (SSSR count). The van der Waals surface area contributed by atoms with Crippen LogP contribution in [0.25, 0.3) is 0 Å². The van der Waals surface area contributed by atoms with E-state index >= 15 is 0 Å². The monoisotopic (exact) mass is 302 g/mol. The van der Waals surface area contributed by atoms with Gasteiger partial charge in [-0.05, 0) is 24.5 Å². The third-order valence-electron chi connectivity index (χ3n) is 3.61. The Morgan fingerprint density at radius 3 is 2.36 bits per heavy atom. The van der Waals surface area contributed by atoms with Gasteiger partial charge in [-0.1, -0.05) is 31.2 Å². The summed E-state index contributed by atoms with van der Waals surface area (Å²) in [7, 11) is 0. The molecule has 2 aromatic rings. The Labute approximate surface area is 129 Å². The van der Waals surface area contributed by atoms with Crippen molar-refractivity contribution in [3.8, 4) is 11.5 Å². The lowest BCUT2D eigenvalue weighted by Gasteiger charge is -2.13. The molecule has 0 aliphatic carbocycles. The summed E-state index contributed by atoms with van der Waals surface area (Å²) in [6.45, 7) is 4.83. The number of ether oxygens (including phenoxy) is 1. The van der Waals surface area contributed by atoms with Crippen molar-refractivity contribution in [3.05, 3.63) is 58.4 Å². The largest absolute Gasteiger partial charge is 0.507 e. The molecule has 0 unspecified atom stereocenters. The second kappa shape index (κ2) is 6.60. The van der Waals surface area contributed by atoms with Crippen LogP contribution >= 0.6 is 0 Å². The van der Waals surface area contributed by atoms with Gasteiger partial charge >= 0.3 is 5.97 Å². The van der Waals surface area contributed by atoms with Gasteiger partial charge in [-0.15, -0.1) is 0 Å². The van der Waals surface area contributed by atoms with Crippen molar-refractivity contribution < 1.29 is 19.0 Å². The third kappa shape index (κ3) is 3.45. The molecular weight excluding hydrogens is 283 g/mol. The summed E-state index contributed by atoms with van der Waals surface area (Å²) in [5.74, 6) is -1.26. The van der Waals surface area contributed by atoms with Crippen molar-refractivity contribution >= 4 is 5.97 Å². The Kier molecular flexibility index (Phi) is 4.81. The Morgan fingerprint density at radius 1 is 1.23 bits per heavy atom. The highest BCUT2D eigenvalue weighted by Crippen LogP contribution is 2.33. The molecule has 0 heterocycles. The van der Waals surface area contributed by atoms with Crippen molar-refractivity contribution in [1.29, 1.82) is 0 Å². The van der Waals surface area contributed by atoms with Crippen LogP contribution in [-0.4, -0.2) is 11.1 Å². The number of aryl methyl sites for hydroxylation is 1. The zero-order valence-corrected chi connectivity index (χ0v) is 12.9. The molecular formula is C18H19FO3. The lowest BCUT2D eigenvalue weighted by Crippen LogP contribution is -2.05. The van der Waals surface area contributed by atoms with Crippen LogP contribution < -0.4 is 4.74 Å². The Hall–Kier alpha value is -2.36. The van der Waals surface area contributed by atoms with Crippen molar-refractivity contribution in [1.82, 2.24) is 0 Å². The van der Waals surface area contributed by atoms with Crippen LogP contribution in [0.15, 0.2) is 30.3 Å². The molecule has 0 aromatic heterocycles. The first-order chi connectivity index (χ1) is 10.4. The number of esters is 1. The molecule has 0 radical (unpaired) electrons. The SMILES string of the molecule is CCc1ccc(Cc2c(O)cc(OC(C)=O)c(C)c2F)cc1. The molecule has 0 saturated carbocycles. The van der Waals surface area contributed by atoms with E-state index in [1.165, 1.54) is 25.5 Å². The molecule has 0 aliphatic rings. The number of aromatic hydroxyl groups is 1. The van der Waals surface area contributed by atoms with Crippen LogP contribution in [0.3, 0.4) is 0 Å². The van der Waals surface area contributed by atoms with Gasteiger partial charge in [0.1, 0.15) is 17.3 Å². The van der Waals surface area contributed by atoms with Gasteiger partial charge in [0, 0.05) is 30.5 Å². The molecule has 22 heavy (non-hydrogen) atoms. The molecule has 0 bridgehead atoms. The summed E-state index contributed by atoms with van der Waals surface area (Å²) in [5, 5.41) is 10.0. The second-order valence-corrected chi connectivity index (χ2v) is 5.25. The fourth-order valence-corrected chi connectivity index (χ4v) is 2.29. The van der Waals surface area contributed by atoms with E-state index in [-0.39, 0.29) is 29.0 Å². The predicted molar refractivity (Wildman–Crippen MR) is 82.7 cm³/mol. The molecule has 3 nitrogen and oxygen atoms in total. The lowest BCUT2D eigenvalue weighted by atomic mass is 9.99. The van der Waals surface area contributed by atoms with E-state index < -0.39 is 11.8 Å². The number of carbonyl (C=O) groups excluding carboxylic acids is 1. The maximum Gasteiger partial charge on any atom is 0.308 e. The van der Waals surface area contributed by atoms with Crippen molar-refractivity contribution in [2.75, 3.05) is 0 Å². The predicted octanol–water partition coefficient (Wildman–Crippen LogP) is 3.92. The van der Waals surface area contributed by atoms with E-state index in [4.69, 9.17) is 4.74 Å². The van der Waals surface area contributed by atoms with Crippen molar-refractivity contribution in [2.45, 2.75) is 33.6 Å². The van der Waals surface area contributed by atoms with Crippen LogP contribution in [0.4, 0.5) is 4.39 Å². The van der Waals surface area contributed by atoms with E-state index in [0.29, 0.717) is 0 Å². The van der Waals surface area contributed by atoms with Gasteiger partial charge in [-0.3, -0.25) is 4.79 Å². The number of rotatable bonds is 4. The molecule has 2 aromatic carbocycles. The highest BCUT2D eigenvalue weighted by molar-refractivity contribution is 5.70. The number of benzene rings is 2. The van der Waals surface area contributed by atoms with Gasteiger partial charge in [0.05, 0.1) is 0 Å². The molecule has 0 atom stereocenters. The summed E-state index contributed by atoms with van der Waals surface area (Å²) in [6.07, 6.45) is 1.22. The van der Waals surface area contributed by atoms with Gasteiger partial charge in [0.2, 0.25) is 0 Å². The molecule has 0 amide bonds. The van der Waals surface area contributed by atoms with Crippen LogP contribution in [-0.2, 0) is 17.6 Å². The number of hydrogen-bond donors (Lipinski definition) is 1. The van der Waals surface area contributed by atoms with Gasteiger partial charge in [-0.25, -0.2) is 4.39 Å². The van der Waals surface area contributed by atoms with Crippen LogP contribution in [0.5, 0.6) is 11.5 Å². The third-order valence-corrected chi connectivity index (χ3v) is 3.61. The van der Waals surface area contributed by atoms with E-state index in [1.807, 2.05) is 24.3 Å². The normalized spacial score (nSPS) is 10.5. The Bertz CT molecular complexity index is 690. The summed E-state index contributed by atoms with van der Waals surface area (Å²) in [6, 6.07) is 9.12. The molecule has 0 fully saturated rings. The summed E-state index contributed by atoms with van der Waals surface area (Å²) < 4.78 is 19.4. The maximum atomic E-state index is 14.5. The van der Waals surface area contributed by atoms with Crippen LogP contribution in [0, 0.1) is 12.7 Å². The minimum absolute atomic E-state index is 0.0487. The smallest absolute Gasteiger partial charge is 0.308 e. The van der Waals surface area contributed by atoms with Gasteiger partial charge < -0.3 is 9.84 Å². The fourth-order valence-electron chi connectivity index (χ4n) is 2.29. The summed E-state index contributed by atoms with van der Waals surface area (Å²) >= 11 is 0. The fraction of sp³-hybridized carbons (Fsp3) is 0.278. The molecule has 116 valence electrons. The highest BCUT2D eigenvalue weighted by Gasteiger charge is 2.17. The second-order valence-electron chi connectivity index (χ2n) is 5.25. The van der Waals surface area contributed by atoms with Gasteiger partial charge in [0.15, 0.2) is 0 Å². The van der Waals surface area contributed by atoms with E-state index in [9.17, 15) is 14.3 Å². The topological polar surface area (TPSA) is 46.5 Å². The number of carbonyl (C=O) groups is 1. The van der Waals surface area contributed by atoms with Crippen molar-refractivity contribution in [2.24, 2.45) is 0 Å². The standard InChI is InChI=1S/C18H19FO3/c1-4-13-5-7-14(8-6-13)9-15-16(21)10-17(22-12(3)20)11(2)18(15)19/h5-8,10,21H,4,9H2,1-3H3. The lowest BCUT2D eigenvalue weighted by molar-refractivity contribution is -0.131. The minimum atomic E-state index is -0.551. The number of phenols is 1. The summed E-state index contributed by atoms with van der Waals surface area (Å²) in [5.41, 5.74) is 2.53. The first kappa shape index (κ1) is 16.0. The van der Waals surface area contributed by atoms with E-state index in [2.05, 4.69) is 6.92 Å². The number of halogens is 1. The quantitative estimate of drug-likeness (QED) is 0.688. The van der Waals surface area contributed by atoms with Crippen molar-refractivity contribution in [3.63, 3.8) is 0 Å². The van der Waals surface area contributed by atoms with Gasteiger partial charge in [-0.2, -0.15) is 0 Å². The summed E-state index contributed by atoms with van der Waals surface area (Å²) in [4.78, 5) is 11.0. The van der Waals surface area contributed by atoms with E-state index in [0.717, 1.165) is 12.0 Å². The minimum Gasteiger partial charge on any atom is -0.507 e. The number of hydrogen-bond acceptors (Lipinski definition) is 3. The van der Waals surface area contributed by atoms with E-state index in [1.54, 1.807) is 0 Å². The van der Waals surface area contributed by atoms with Crippen LogP contribution in [0.1, 0.15) is 36.1 Å².